The summed E-state index contributed by atoms with van der Waals surface area (Å²) >= 11 is 0. The Bertz CT molecular complexity index is 635. The first kappa shape index (κ1) is 18.7. The quantitative estimate of drug-likeness (QED) is 0.553. The van der Waals surface area contributed by atoms with Crippen molar-refractivity contribution in [2.75, 3.05) is 11.9 Å². The second-order valence-electron chi connectivity index (χ2n) is 9.30. The van der Waals surface area contributed by atoms with Crippen LogP contribution in [0.5, 0.6) is 0 Å². The third-order valence-electron chi connectivity index (χ3n) is 6.70. The minimum atomic E-state index is -1.66. The molecule has 1 aromatic rings. The molecule has 3 unspecified atom stereocenters. The molecule has 0 radical (unpaired) electrons. The number of rotatable bonds is 5. The number of anilines is 1. The summed E-state index contributed by atoms with van der Waals surface area (Å²) in [5, 5.41) is 3.39. The van der Waals surface area contributed by atoms with Gasteiger partial charge in [-0.25, -0.2) is 0 Å². The predicted octanol–water partition coefficient (Wildman–Crippen LogP) is 5.55. The molecule has 2 aliphatic rings. The van der Waals surface area contributed by atoms with Crippen LogP contribution in [0.25, 0.3) is 0 Å². The molecule has 4 heteroatoms. The average molecular weight is 360 g/mol. The lowest BCUT2D eigenvalue weighted by Gasteiger charge is -2.36. The van der Waals surface area contributed by atoms with Crippen molar-refractivity contribution in [3.63, 3.8) is 0 Å². The molecule has 25 heavy (non-hydrogen) atoms. The topological polar surface area (TPSA) is 38.3 Å². The molecule has 1 aliphatic heterocycles. The van der Waals surface area contributed by atoms with Crippen LogP contribution >= 0.6 is 0 Å². The highest BCUT2D eigenvalue weighted by Gasteiger charge is 2.44. The average Bonchev–Trinajstić information content (AvgIpc) is 2.95. The van der Waals surface area contributed by atoms with Gasteiger partial charge in [-0.2, -0.15) is 0 Å². The van der Waals surface area contributed by atoms with Gasteiger partial charge in [0.15, 0.2) is 8.32 Å². The molecule has 0 aromatic heterocycles. The van der Waals surface area contributed by atoms with Crippen LogP contribution in [0.3, 0.4) is 0 Å². The summed E-state index contributed by atoms with van der Waals surface area (Å²) in [4.78, 5) is 12.6. The molecule has 1 N–H and O–H groups in total. The van der Waals surface area contributed by atoms with E-state index < -0.39 is 8.32 Å². The second-order valence-corrected chi connectivity index (χ2v) is 14.1. The number of hydrogen-bond donors (Lipinski definition) is 1. The van der Waals surface area contributed by atoms with E-state index in [1.54, 1.807) is 0 Å². The normalized spacial score (nSPS) is 26.1. The van der Waals surface area contributed by atoms with E-state index in [1.807, 2.05) is 12.1 Å². The fourth-order valence-electron chi connectivity index (χ4n) is 4.19. The monoisotopic (exact) mass is 359 g/mol. The van der Waals surface area contributed by atoms with Gasteiger partial charge < -0.3 is 9.74 Å². The van der Waals surface area contributed by atoms with Crippen molar-refractivity contribution in [1.29, 1.82) is 0 Å². The lowest BCUT2D eigenvalue weighted by atomic mass is 9.79. The van der Waals surface area contributed by atoms with Crippen molar-refractivity contribution in [1.82, 2.24) is 0 Å². The van der Waals surface area contributed by atoms with Crippen molar-refractivity contribution in [3.8, 4) is 0 Å². The van der Waals surface area contributed by atoms with Gasteiger partial charge in [0.05, 0.1) is 0 Å². The molecule has 0 bridgehead atoms. The molecule has 1 saturated carbocycles. The number of carbonyl (C=O) groups is 1. The van der Waals surface area contributed by atoms with E-state index in [4.69, 9.17) is 4.43 Å². The molecular weight excluding hydrogens is 326 g/mol. The van der Waals surface area contributed by atoms with Gasteiger partial charge in [0, 0.05) is 18.2 Å². The van der Waals surface area contributed by atoms with Crippen molar-refractivity contribution in [2.45, 2.75) is 70.5 Å². The fraction of sp³-hybridized carbons (Fsp3) is 0.667. The van der Waals surface area contributed by atoms with Crippen LogP contribution in [0.4, 0.5) is 5.69 Å². The van der Waals surface area contributed by atoms with Crippen LogP contribution in [-0.4, -0.2) is 20.8 Å². The van der Waals surface area contributed by atoms with Crippen LogP contribution in [0, 0.1) is 11.8 Å². The summed E-state index contributed by atoms with van der Waals surface area (Å²) in [6, 6.07) is 8.32. The maximum absolute atomic E-state index is 12.6. The van der Waals surface area contributed by atoms with Gasteiger partial charge >= 0.3 is 0 Å². The first-order valence-corrected chi connectivity index (χ1v) is 12.7. The Balaban J connectivity index is 1.57. The van der Waals surface area contributed by atoms with Crippen molar-refractivity contribution < 1.29 is 9.22 Å². The van der Waals surface area contributed by atoms with Gasteiger partial charge in [0.1, 0.15) is 0 Å². The molecule has 1 heterocycles. The molecule has 3 atom stereocenters. The molecule has 138 valence electrons. The van der Waals surface area contributed by atoms with E-state index in [9.17, 15) is 4.79 Å². The Hall–Kier alpha value is -1.13. The van der Waals surface area contributed by atoms with E-state index in [-0.39, 0.29) is 16.9 Å². The number of hydrogen-bond acceptors (Lipinski definition) is 2. The zero-order valence-electron chi connectivity index (χ0n) is 16.4. The van der Waals surface area contributed by atoms with Crippen LogP contribution < -0.4 is 5.32 Å². The number of carbonyl (C=O) groups excluding carboxylic acids is 1. The Kier molecular flexibility index (Phi) is 5.13. The highest BCUT2D eigenvalue weighted by Crippen LogP contribution is 2.50. The summed E-state index contributed by atoms with van der Waals surface area (Å²) in [6.45, 7) is 12.3. The molecular formula is C21H33NO2Si. The highest BCUT2D eigenvalue weighted by molar-refractivity contribution is 6.74. The molecule has 1 amide bonds. The molecule has 0 spiro atoms. The maximum atomic E-state index is 12.6. The smallest absolute Gasteiger partial charge is 0.228 e. The third-order valence-corrected chi connectivity index (χ3v) is 11.2. The van der Waals surface area contributed by atoms with Gasteiger partial charge in [0.25, 0.3) is 0 Å². The minimum Gasteiger partial charge on any atom is -0.417 e. The van der Waals surface area contributed by atoms with Gasteiger partial charge in [0.2, 0.25) is 5.91 Å². The molecule has 1 fully saturated rings. The Morgan fingerprint density at radius 1 is 1.20 bits per heavy atom. The van der Waals surface area contributed by atoms with E-state index in [0.717, 1.165) is 38.0 Å². The summed E-state index contributed by atoms with van der Waals surface area (Å²) in [5.41, 5.74) is 2.36. The summed E-state index contributed by atoms with van der Waals surface area (Å²) in [6.07, 6.45) is 4.47. The van der Waals surface area contributed by atoms with Gasteiger partial charge in [-0.05, 0) is 67.3 Å². The first-order chi connectivity index (χ1) is 11.7. The number of para-hydroxylation sites is 1. The SMILES string of the molecule is CC(C)(C)[Si](C)(C)OCCCC1CCC2c3ccccc3NC(=O)C12. The van der Waals surface area contributed by atoms with Gasteiger partial charge in [-0.1, -0.05) is 39.0 Å². The summed E-state index contributed by atoms with van der Waals surface area (Å²) in [7, 11) is -1.66. The number of nitrogens with one attached hydrogen (secondary N) is 1. The highest BCUT2D eigenvalue weighted by atomic mass is 28.4. The van der Waals surface area contributed by atoms with E-state index >= 15 is 0 Å². The number of benzene rings is 1. The number of fused-ring (bicyclic) bond motifs is 3. The maximum Gasteiger partial charge on any atom is 0.228 e. The zero-order chi connectivity index (χ0) is 18.2. The second kappa shape index (κ2) is 6.88. The number of amides is 1. The molecule has 3 nitrogen and oxygen atoms in total. The summed E-state index contributed by atoms with van der Waals surface area (Å²) in [5.74, 6) is 1.30. The lowest BCUT2D eigenvalue weighted by Crippen LogP contribution is -2.41. The van der Waals surface area contributed by atoms with Crippen LogP contribution in [0.1, 0.15) is 57.9 Å². The third kappa shape index (κ3) is 3.70. The van der Waals surface area contributed by atoms with Crippen molar-refractivity contribution in [3.05, 3.63) is 29.8 Å². The molecule has 3 rings (SSSR count). The zero-order valence-corrected chi connectivity index (χ0v) is 17.4. The molecule has 1 aliphatic carbocycles. The predicted molar refractivity (Wildman–Crippen MR) is 106 cm³/mol. The van der Waals surface area contributed by atoms with Gasteiger partial charge in [-0.3, -0.25) is 4.79 Å². The Morgan fingerprint density at radius 2 is 1.92 bits per heavy atom. The Morgan fingerprint density at radius 3 is 2.64 bits per heavy atom. The van der Waals surface area contributed by atoms with Crippen molar-refractivity contribution >= 4 is 19.9 Å². The summed E-state index contributed by atoms with van der Waals surface area (Å²) < 4.78 is 6.31. The van der Waals surface area contributed by atoms with Crippen LogP contribution in [-0.2, 0) is 9.22 Å². The van der Waals surface area contributed by atoms with E-state index in [2.05, 4.69) is 51.3 Å². The minimum absolute atomic E-state index is 0.155. The standard InChI is InChI=1S/C21H33NO2Si/c1-21(2,3)25(4,5)24-14-8-9-15-12-13-17-16-10-6-7-11-18(16)22-20(23)19(15)17/h6-7,10-11,15,17,19H,8-9,12-14H2,1-5H3,(H,22,23). The first-order valence-electron chi connectivity index (χ1n) is 9.74. The van der Waals surface area contributed by atoms with Crippen molar-refractivity contribution in [2.24, 2.45) is 11.8 Å². The molecule has 0 saturated heterocycles. The van der Waals surface area contributed by atoms with Gasteiger partial charge in [-0.15, -0.1) is 0 Å². The molecule has 1 aromatic carbocycles. The van der Waals surface area contributed by atoms with Crippen LogP contribution in [0.15, 0.2) is 24.3 Å². The Labute approximate surface area is 153 Å². The lowest BCUT2D eigenvalue weighted by molar-refractivity contribution is -0.121. The van der Waals surface area contributed by atoms with E-state index in [0.29, 0.717) is 11.8 Å². The largest absolute Gasteiger partial charge is 0.417 e. The fourth-order valence-corrected chi connectivity index (χ4v) is 5.28. The van der Waals surface area contributed by atoms with Crippen LogP contribution in [0.2, 0.25) is 18.1 Å². The van der Waals surface area contributed by atoms with E-state index in [1.165, 1.54) is 5.56 Å².